The van der Waals surface area contributed by atoms with E-state index in [1.807, 2.05) is 6.92 Å². The summed E-state index contributed by atoms with van der Waals surface area (Å²) < 4.78 is 14.4. The van der Waals surface area contributed by atoms with E-state index in [4.69, 9.17) is 9.47 Å². The van der Waals surface area contributed by atoms with Gasteiger partial charge < -0.3 is 14.2 Å². The Morgan fingerprint density at radius 2 is 2.33 bits per heavy atom. The lowest BCUT2D eigenvalue weighted by atomic mass is 10.5. The molecule has 0 aliphatic heterocycles. The third-order valence-corrected chi connectivity index (χ3v) is 1.12. The lowest BCUT2D eigenvalue weighted by molar-refractivity contribution is -0.194. The molecule has 4 heteroatoms. The van der Waals surface area contributed by atoms with E-state index in [9.17, 15) is 4.79 Å². The monoisotopic (exact) mass is 174 g/mol. The third-order valence-electron chi connectivity index (χ3n) is 1.12. The Hall–Kier alpha value is -0.870. The van der Waals surface area contributed by atoms with Crippen LogP contribution < -0.4 is 0 Å². The van der Waals surface area contributed by atoms with Gasteiger partial charge in [-0.25, -0.2) is 4.79 Å². The molecule has 0 radical (unpaired) electrons. The van der Waals surface area contributed by atoms with Crippen LogP contribution in [0, 0.1) is 0 Å². The van der Waals surface area contributed by atoms with E-state index in [1.165, 1.54) is 7.11 Å². The Labute approximate surface area is 72.1 Å². The van der Waals surface area contributed by atoms with Crippen molar-refractivity contribution < 1.29 is 19.0 Å². The second-order valence-corrected chi connectivity index (χ2v) is 2.05. The molecule has 0 amide bonds. The predicted octanol–water partition coefficient (Wildman–Crippen LogP) is 1.07. The summed E-state index contributed by atoms with van der Waals surface area (Å²) in [5, 5.41) is 0. The predicted molar refractivity (Wildman–Crippen MR) is 43.3 cm³/mol. The first-order valence-electron chi connectivity index (χ1n) is 3.68. The van der Waals surface area contributed by atoms with E-state index >= 15 is 0 Å². The Morgan fingerprint density at radius 1 is 1.67 bits per heavy atom. The van der Waals surface area contributed by atoms with E-state index in [0.717, 1.165) is 6.08 Å². The lowest BCUT2D eigenvalue weighted by Gasteiger charge is -2.14. The summed E-state index contributed by atoms with van der Waals surface area (Å²) in [6.07, 6.45) is 1.14. The topological polar surface area (TPSA) is 44.8 Å². The zero-order valence-corrected chi connectivity index (χ0v) is 7.41. The van der Waals surface area contributed by atoms with Crippen molar-refractivity contribution in [3.05, 3.63) is 12.7 Å². The molecular formula is C8H14O4. The van der Waals surface area contributed by atoms with Gasteiger partial charge in [0.25, 0.3) is 0 Å². The maximum absolute atomic E-state index is 10.7. The van der Waals surface area contributed by atoms with Crippen LogP contribution in [-0.2, 0) is 19.0 Å². The SMILES string of the molecule is C=CC(=O)OC(CC)OCOC. The zero-order chi connectivity index (χ0) is 9.40. The number of hydrogen-bond donors (Lipinski definition) is 0. The molecule has 0 N–H and O–H groups in total. The summed E-state index contributed by atoms with van der Waals surface area (Å²) in [7, 11) is 1.50. The number of rotatable bonds is 6. The van der Waals surface area contributed by atoms with Crippen LogP contribution in [0.1, 0.15) is 13.3 Å². The molecule has 0 fully saturated rings. The second-order valence-electron chi connectivity index (χ2n) is 2.05. The van der Waals surface area contributed by atoms with Gasteiger partial charge in [-0.3, -0.25) is 0 Å². The Bertz CT molecular complexity index is 144. The molecular weight excluding hydrogens is 160 g/mol. The van der Waals surface area contributed by atoms with Gasteiger partial charge in [0.05, 0.1) is 0 Å². The summed E-state index contributed by atoms with van der Waals surface area (Å²) in [5.74, 6) is -0.488. The van der Waals surface area contributed by atoms with Crippen LogP contribution in [0.4, 0.5) is 0 Å². The van der Waals surface area contributed by atoms with Gasteiger partial charge in [0.1, 0.15) is 0 Å². The first-order chi connectivity index (χ1) is 5.74. The summed E-state index contributed by atoms with van der Waals surface area (Å²) in [4.78, 5) is 10.7. The van der Waals surface area contributed by atoms with Crippen LogP contribution in [0.3, 0.4) is 0 Å². The van der Waals surface area contributed by atoms with Crippen molar-refractivity contribution >= 4 is 5.97 Å². The molecule has 0 aromatic heterocycles. The van der Waals surface area contributed by atoms with Crippen LogP contribution in [0.5, 0.6) is 0 Å². The van der Waals surface area contributed by atoms with Gasteiger partial charge >= 0.3 is 5.97 Å². The fourth-order valence-electron chi connectivity index (χ4n) is 0.557. The number of carbonyl (C=O) groups is 1. The smallest absolute Gasteiger partial charge is 0.332 e. The van der Waals surface area contributed by atoms with Crippen molar-refractivity contribution in [1.29, 1.82) is 0 Å². The number of hydrogen-bond acceptors (Lipinski definition) is 4. The largest absolute Gasteiger partial charge is 0.433 e. The highest BCUT2D eigenvalue weighted by Gasteiger charge is 2.09. The molecule has 4 nitrogen and oxygen atoms in total. The van der Waals surface area contributed by atoms with Crippen LogP contribution in [0.25, 0.3) is 0 Å². The molecule has 0 aliphatic rings. The quantitative estimate of drug-likeness (QED) is 0.343. The van der Waals surface area contributed by atoms with Crippen LogP contribution in [-0.4, -0.2) is 26.2 Å². The van der Waals surface area contributed by atoms with Crippen molar-refractivity contribution in [1.82, 2.24) is 0 Å². The van der Waals surface area contributed by atoms with Gasteiger partial charge in [0.2, 0.25) is 6.29 Å². The maximum Gasteiger partial charge on any atom is 0.332 e. The van der Waals surface area contributed by atoms with E-state index in [0.29, 0.717) is 6.42 Å². The van der Waals surface area contributed by atoms with Crippen LogP contribution in [0.15, 0.2) is 12.7 Å². The van der Waals surface area contributed by atoms with Gasteiger partial charge in [0.15, 0.2) is 6.79 Å². The number of carbonyl (C=O) groups excluding carboxylic acids is 1. The molecule has 0 aromatic carbocycles. The molecule has 0 bridgehead atoms. The van der Waals surface area contributed by atoms with Crippen molar-refractivity contribution in [2.24, 2.45) is 0 Å². The molecule has 0 spiro atoms. The first-order valence-corrected chi connectivity index (χ1v) is 3.68. The summed E-state index contributed by atoms with van der Waals surface area (Å²) >= 11 is 0. The average Bonchev–Trinajstić information content (AvgIpc) is 2.11. The Morgan fingerprint density at radius 3 is 2.75 bits per heavy atom. The lowest BCUT2D eigenvalue weighted by Crippen LogP contribution is -2.20. The highest BCUT2D eigenvalue weighted by molar-refractivity contribution is 5.81. The third kappa shape index (κ3) is 4.87. The minimum atomic E-state index is -0.546. The minimum Gasteiger partial charge on any atom is -0.433 e. The molecule has 70 valence electrons. The minimum absolute atomic E-state index is 0.114. The maximum atomic E-state index is 10.7. The van der Waals surface area contributed by atoms with Gasteiger partial charge in [-0.2, -0.15) is 0 Å². The van der Waals surface area contributed by atoms with Gasteiger partial charge in [-0.05, 0) is 0 Å². The van der Waals surface area contributed by atoms with Crippen molar-refractivity contribution in [2.45, 2.75) is 19.6 Å². The van der Waals surface area contributed by atoms with Crippen LogP contribution >= 0.6 is 0 Å². The molecule has 12 heavy (non-hydrogen) atoms. The molecule has 0 aromatic rings. The Kier molecular flexibility index (Phi) is 6.32. The summed E-state index contributed by atoms with van der Waals surface area (Å²) in [5.41, 5.74) is 0. The van der Waals surface area contributed by atoms with Gasteiger partial charge in [-0.15, -0.1) is 0 Å². The molecule has 0 saturated carbocycles. The fraction of sp³-hybridized carbons (Fsp3) is 0.625. The van der Waals surface area contributed by atoms with E-state index in [1.54, 1.807) is 0 Å². The molecule has 0 rings (SSSR count). The van der Waals surface area contributed by atoms with Crippen LogP contribution in [0.2, 0.25) is 0 Å². The summed E-state index contributed by atoms with van der Waals surface area (Å²) in [6, 6.07) is 0. The van der Waals surface area contributed by atoms with Gasteiger partial charge in [0, 0.05) is 19.6 Å². The Balaban J connectivity index is 3.66. The van der Waals surface area contributed by atoms with Gasteiger partial charge in [-0.1, -0.05) is 13.5 Å². The second kappa shape index (κ2) is 6.82. The van der Waals surface area contributed by atoms with E-state index in [2.05, 4.69) is 11.3 Å². The standard InChI is InChI=1S/C8H14O4/c1-4-7(9)12-8(5-2)11-6-10-3/h4,8H,1,5-6H2,2-3H3. The summed E-state index contributed by atoms with van der Waals surface area (Å²) in [6.45, 7) is 5.22. The number of methoxy groups -OCH3 is 1. The van der Waals surface area contributed by atoms with Crippen molar-refractivity contribution in [3.63, 3.8) is 0 Å². The fourth-order valence-corrected chi connectivity index (χ4v) is 0.557. The first kappa shape index (κ1) is 11.1. The highest BCUT2D eigenvalue weighted by atomic mass is 16.8. The molecule has 0 heterocycles. The number of ether oxygens (including phenoxy) is 3. The highest BCUT2D eigenvalue weighted by Crippen LogP contribution is 2.00. The van der Waals surface area contributed by atoms with Crippen molar-refractivity contribution in [2.75, 3.05) is 13.9 Å². The molecule has 0 saturated heterocycles. The number of esters is 1. The molecule has 1 unspecified atom stereocenters. The molecule has 1 atom stereocenters. The van der Waals surface area contributed by atoms with Crippen molar-refractivity contribution in [3.8, 4) is 0 Å². The average molecular weight is 174 g/mol. The molecule has 0 aliphatic carbocycles. The zero-order valence-electron chi connectivity index (χ0n) is 7.41. The van der Waals surface area contributed by atoms with E-state index in [-0.39, 0.29) is 6.79 Å². The van der Waals surface area contributed by atoms with E-state index < -0.39 is 12.3 Å². The normalized spacial score (nSPS) is 12.2.